The topological polar surface area (TPSA) is 0 Å². The maximum absolute atomic E-state index is 2.89. The van der Waals surface area contributed by atoms with Crippen molar-refractivity contribution >= 4 is 35.5 Å². The van der Waals surface area contributed by atoms with Crippen molar-refractivity contribution < 1.29 is 0 Å². The predicted octanol–water partition coefficient (Wildman–Crippen LogP) is 1.98. The SMILES string of the molecule is Cl.[CH3-].[Mg+2].[c-]1ccccc1. The Morgan fingerprint density at radius 2 is 1.33 bits per heavy atom. The van der Waals surface area contributed by atoms with Crippen molar-refractivity contribution in [2.75, 3.05) is 0 Å². The molecule has 0 spiro atoms. The van der Waals surface area contributed by atoms with Gasteiger partial charge in [-0.25, -0.2) is 0 Å². The average molecular weight is 153 g/mol. The molecular formula is C7H9ClMg. The molecule has 0 saturated carbocycles. The van der Waals surface area contributed by atoms with Crippen LogP contribution in [0.15, 0.2) is 30.3 Å². The Balaban J connectivity index is -0.000000120. The molecule has 0 N–H and O–H groups in total. The Kier molecular flexibility index (Phi) is 19.9. The van der Waals surface area contributed by atoms with Crippen molar-refractivity contribution in [1.29, 1.82) is 0 Å². The first-order chi connectivity index (χ1) is 3.00. The minimum absolute atomic E-state index is 0. The summed E-state index contributed by atoms with van der Waals surface area (Å²) in [5, 5.41) is 0. The van der Waals surface area contributed by atoms with Gasteiger partial charge in [0.05, 0.1) is 0 Å². The second kappa shape index (κ2) is 11.1. The van der Waals surface area contributed by atoms with E-state index >= 15 is 0 Å². The molecule has 0 heterocycles. The normalized spacial score (nSPS) is 5.33. The van der Waals surface area contributed by atoms with E-state index in [0.717, 1.165) is 0 Å². The number of halogens is 1. The van der Waals surface area contributed by atoms with E-state index in [1.807, 2.05) is 30.3 Å². The molecule has 0 unspecified atom stereocenters. The van der Waals surface area contributed by atoms with Gasteiger partial charge in [0.25, 0.3) is 0 Å². The van der Waals surface area contributed by atoms with Crippen LogP contribution in [0.3, 0.4) is 0 Å². The number of hydrogen-bond acceptors (Lipinski definition) is 0. The summed E-state index contributed by atoms with van der Waals surface area (Å²) >= 11 is 0. The first-order valence-electron chi connectivity index (χ1n) is 1.91. The largest absolute Gasteiger partial charge is 2.00 e. The molecule has 0 fully saturated rings. The number of hydrogen-bond donors (Lipinski definition) is 0. The number of benzene rings is 1. The summed E-state index contributed by atoms with van der Waals surface area (Å²) in [6.45, 7) is 0. The molecule has 0 aromatic heterocycles. The molecule has 0 nitrogen and oxygen atoms in total. The van der Waals surface area contributed by atoms with Gasteiger partial charge in [-0.2, -0.15) is 36.4 Å². The van der Waals surface area contributed by atoms with E-state index in [4.69, 9.17) is 0 Å². The van der Waals surface area contributed by atoms with Gasteiger partial charge in [0.15, 0.2) is 0 Å². The third-order valence-corrected chi connectivity index (χ3v) is 0.607. The molecule has 1 aromatic carbocycles. The molecule has 1 aromatic rings. The molecule has 0 saturated heterocycles. The van der Waals surface area contributed by atoms with Crippen LogP contribution in [0.25, 0.3) is 0 Å². The van der Waals surface area contributed by atoms with E-state index in [0.29, 0.717) is 0 Å². The Hall–Kier alpha value is 0.276. The van der Waals surface area contributed by atoms with Gasteiger partial charge >= 0.3 is 23.1 Å². The zero-order valence-electron chi connectivity index (χ0n) is 5.50. The molecule has 1 rings (SSSR count). The van der Waals surface area contributed by atoms with Gasteiger partial charge in [0.1, 0.15) is 0 Å². The van der Waals surface area contributed by atoms with E-state index in [9.17, 15) is 0 Å². The molecule has 2 heteroatoms. The Bertz CT molecular complexity index is 80.8. The minimum Gasteiger partial charge on any atom is -0.358 e. The predicted molar refractivity (Wildman–Crippen MR) is 44.7 cm³/mol. The summed E-state index contributed by atoms with van der Waals surface area (Å²) < 4.78 is 0. The van der Waals surface area contributed by atoms with Crippen LogP contribution in [-0.4, -0.2) is 23.1 Å². The summed E-state index contributed by atoms with van der Waals surface area (Å²) in [6.07, 6.45) is 0. The van der Waals surface area contributed by atoms with E-state index in [1.54, 1.807) is 0 Å². The molecule has 0 amide bonds. The number of rotatable bonds is 0. The molecule has 0 radical (unpaired) electrons. The van der Waals surface area contributed by atoms with Crippen LogP contribution in [0.4, 0.5) is 0 Å². The molecule has 0 bridgehead atoms. The van der Waals surface area contributed by atoms with Crippen LogP contribution in [0.2, 0.25) is 0 Å². The third kappa shape index (κ3) is 8.28. The van der Waals surface area contributed by atoms with E-state index < -0.39 is 0 Å². The van der Waals surface area contributed by atoms with Gasteiger partial charge < -0.3 is 7.43 Å². The third-order valence-electron chi connectivity index (χ3n) is 0.607. The molecule has 0 aliphatic carbocycles. The van der Waals surface area contributed by atoms with Crippen molar-refractivity contribution in [2.45, 2.75) is 0 Å². The van der Waals surface area contributed by atoms with Gasteiger partial charge in [0, 0.05) is 0 Å². The van der Waals surface area contributed by atoms with E-state index in [-0.39, 0.29) is 42.9 Å². The molecular weight excluding hydrogens is 144 g/mol. The van der Waals surface area contributed by atoms with Gasteiger partial charge in [-0.15, -0.1) is 12.4 Å². The second-order valence-electron chi connectivity index (χ2n) is 1.08. The zero-order chi connectivity index (χ0) is 4.24. The van der Waals surface area contributed by atoms with Crippen LogP contribution in [0.5, 0.6) is 0 Å². The maximum Gasteiger partial charge on any atom is 2.00 e. The van der Waals surface area contributed by atoms with Gasteiger partial charge in [-0.05, 0) is 0 Å². The molecule has 0 atom stereocenters. The Labute approximate surface area is 79.2 Å². The maximum atomic E-state index is 2.89. The van der Waals surface area contributed by atoms with Gasteiger partial charge in [0.2, 0.25) is 0 Å². The van der Waals surface area contributed by atoms with Crippen molar-refractivity contribution in [3.05, 3.63) is 43.8 Å². The quantitative estimate of drug-likeness (QED) is 0.394. The summed E-state index contributed by atoms with van der Waals surface area (Å²) in [6, 6.07) is 12.5. The average Bonchev–Trinajstić information content (AvgIpc) is 1.72. The first-order valence-corrected chi connectivity index (χ1v) is 1.91. The van der Waals surface area contributed by atoms with Crippen LogP contribution in [0, 0.1) is 13.5 Å². The summed E-state index contributed by atoms with van der Waals surface area (Å²) in [7, 11) is 0. The van der Waals surface area contributed by atoms with Crippen molar-refractivity contribution in [3.63, 3.8) is 0 Å². The Morgan fingerprint density at radius 1 is 0.889 bits per heavy atom. The minimum atomic E-state index is 0. The summed E-state index contributed by atoms with van der Waals surface area (Å²) in [5.74, 6) is 0. The van der Waals surface area contributed by atoms with Gasteiger partial charge in [-0.1, -0.05) is 0 Å². The summed E-state index contributed by atoms with van der Waals surface area (Å²) in [4.78, 5) is 0. The zero-order valence-corrected chi connectivity index (χ0v) is 7.73. The van der Waals surface area contributed by atoms with Crippen LogP contribution < -0.4 is 0 Å². The smallest absolute Gasteiger partial charge is 0.358 e. The van der Waals surface area contributed by atoms with Gasteiger partial charge in [-0.3, -0.25) is 0 Å². The van der Waals surface area contributed by atoms with Crippen molar-refractivity contribution in [2.24, 2.45) is 0 Å². The molecule has 46 valence electrons. The molecule has 9 heavy (non-hydrogen) atoms. The standard InChI is InChI=1S/C6H5.CH3.ClH.Mg/c1-2-4-6-5-3-1;;;/h1-5H;1H3;1H;/q2*-1;;+2. The first kappa shape index (κ1) is 16.1. The molecule has 0 aliphatic heterocycles. The fraction of sp³-hybridized carbons (Fsp3) is 0. The second-order valence-corrected chi connectivity index (χ2v) is 1.08. The fourth-order valence-corrected chi connectivity index (χ4v) is 0.342. The van der Waals surface area contributed by atoms with Crippen molar-refractivity contribution in [3.8, 4) is 0 Å². The monoisotopic (exact) mass is 152 g/mol. The van der Waals surface area contributed by atoms with Crippen LogP contribution in [0.1, 0.15) is 0 Å². The van der Waals surface area contributed by atoms with Crippen molar-refractivity contribution in [1.82, 2.24) is 0 Å². The molecule has 0 aliphatic rings. The van der Waals surface area contributed by atoms with Crippen LogP contribution in [-0.2, 0) is 0 Å². The van der Waals surface area contributed by atoms with E-state index in [1.165, 1.54) is 0 Å². The van der Waals surface area contributed by atoms with Crippen LogP contribution >= 0.6 is 12.4 Å². The van der Waals surface area contributed by atoms with E-state index in [2.05, 4.69) is 6.07 Å². The fourth-order valence-electron chi connectivity index (χ4n) is 0.342. The Morgan fingerprint density at radius 3 is 1.44 bits per heavy atom. The summed E-state index contributed by atoms with van der Waals surface area (Å²) in [5.41, 5.74) is 0.